The van der Waals surface area contributed by atoms with Gasteiger partial charge in [-0.05, 0) is 64.2 Å². The molecule has 1 N–H and O–H groups in total. The fraction of sp³-hybridized carbons (Fsp3) is 0.300. The number of benzene rings is 2. The molecule has 6 rings (SSSR count). The van der Waals surface area contributed by atoms with E-state index >= 15 is 0 Å². The van der Waals surface area contributed by atoms with E-state index in [2.05, 4.69) is 26.6 Å². The van der Waals surface area contributed by atoms with Crippen molar-refractivity contribution in [2.45, 2.75) is 25.7 Å². The lowest BCUT2D eigenvalue weighted by atomic mass is 9.96. The monoisotopic (exact) mass is 508 g/mol. The molecule has 4 heterocycles. The average molecular weight is 509 g/mol. The number of para-hydroxylation sites is 1. The summed E-state index contributed by atoms with van der Waals surface area (Å²) in [7, 11) is 5.69. The Morgan fingerprint density at radius 1 is 1.08 bits per heavy atom. The van der Waals surface area contributed by atoms with Crippen molar-refractivity contribution in [3.8, 4) is 17.0 Å². The van der Waals surface area contributed by atoms with Crippen molar-refractivity contribution in [3.63, 3.8) is 0 Å². The van der Waals surface area contributed by atoms with Gasteiger partial charge in [0.2, 0.25) is 0 Å². The standard InChI is InChI=1S/C30H32N6O2/c1-19-28-27(33-29(36(28)16-13-31-19)20-11-14-34(2)15-12-20)22-9-10-23(26(18-22)38-4)32-30(37)25-17-21-7-5-6-8-24(21)35(25)3/h5-10,13,16-18,20H,11-12,14-15H2,1-4H3,(H,32,37). The van der Waals surface area contributed by atoms with Crippen molar-refractivity contribution in [1.82, 2.24) is 23.8 Å². The Balaban J connectivity index is 1.36. The predicted octanol–water partition coefficient (Wildman–Crippen LogP) is 5.27. The number of hydrogen-bond acceptors (Lipinski definition) is 5. The first kappa shape index (κ1) is 24.2. The molecule has 1 aliphatic rings. The molecule has 0 bridgehead atoms. The zero-order chi connectivity index (χ0) is 26.4. The topological polar surface area (TPSA) is 76.7 Å². The first-order chi connectivity index (χ1) is 18.4. The summed E-state index contributed by atoms with van der Waals surface area (Å²) in [6.07, 6.45) is 6.03. The molecule has 5 aromatic rings. The van der Waals surface area contributed by atoms with Crippen molar-refractivity contribution >= 4 is 28.0 Å². The van der Waals surface area contributed by atoms with E-state index in [4.69, 9.17) is 9.72 Å². The van der Waals surface area contributed by atoms with Gasteiger partial charge in [0.1, 0.15) is 17.3 Å². The summed E-state index contributed by atoms with van der Waals surface area (Å²) >= 11 is 0. The fourth-order valence-corrected chi connectivity index (χ4v) is 5.61. The number of methoxy groups -OCH3 is 1. The number of amides is 1. The van der Waals surface area contributed by atoms with Gasteiger partial charge < -0.3 is 19.5 Å². The third kappa shape index (κ3) is 4.11. The summed E-state index contributed by atoms with van der Waals surface area (Å²) in [5.41, 5.74) is 5.96. The van der Waals surface area contributed by atoms with Crippen molar-refractivity contribution in [2.75, 3.05) is 32.6 Å². The first-order valence-corrected chi connectivity index (χ1v) is 13.0. The first-order valence-electron chi connectivity index (χ1n) is 13.0. The van der Waals surface area contributed by atoms with E-state index in [1.807, 2.05) is 79.5 Å². The SMILES string of the molecule is COc1cc(-c2nc(C3CCN(C)CC3)n3ccnc(C)c23)ccc1NC(=O)c1cc2ccccc2n1C. The van der Waals surface area contributed by atoms with Gasteiger partial charge in [-0.1, -0.05) is 24.3 Å². The van der Waals surface area contributed by atoms with Crippen LogP contribution in [0.25, 0.3) is 27.7 Å². The maximum atomic E-state index is 13.2. The van der Waals surface area contributed by atoms with Crippen LogP contribution in [0.2, 0.25) is 0 Å². The number of imidazole rings is 1. The van der Waals surface area contributed by atoms with Gasteiger partial charge in [0.25, 0.3) is 5.91 Å². The number of nitrogens with one attached hydrogen (secondary N) is 1. The quantitative estimate of drug-likeness (QED) is 0.350. The molecular weight excluding hydrogens is 476 g/mol. The number of aromatic nitrogens is 4. The Kier molecular flexibility index (Phi) is 6.12. The minimum Gasteiger partial charge on any atom is -0.495 e. The highest BCUT2D eigenvalue weighted by molar-refractivity contribution is 6.07. The molecule has 2 aromatic carbocycles. The number of ether oxygens (including phenoxy) is 1. The minimum atomic E-state index is -0.188. The average Bonchev–Trinajstić information content (AvgIpc) is 3.49. The molecular formula is C30H32N6O2. The molecule has 0 saturated carbocycles. The summed E-state index contributed by atoms with van der Waals surface area (Å²) < 4.78 is 9.84. The number of anilines is 1. The molecule has 8 heteroatoms. The molecule has 1 saturated heterocycles. The number of carbonyl (C=O) groups excluding carboxylic acids is 1. The number of fused-ring (bicyclic) bond motifs is 2. The van der Waals surface area contributed by atoms with Crippen LogP contribution in [0.1, 0.15) is 40.8 Å². The molecule has 8 nitrogen and oxygen atoms in total. The van der Waals surface area contributed by atoms with Crippen LogP contribution in [0, 0.1) is 6.92 Å². The second-order valence-corrected chi connectivity index (χ2v) is 10.1. The lowest BCUT2D eigenvalue weighted by molar-refractivity contribution is 0.101. The van der Waals surface area contributed by atoms with E-state index in [1.54, 1.807) is 7.11 Å². The smallest absolute Gasteiger partial charge is 0.272 e. The van der Waals surface area contributed by atoms with E-state index in [0.717, 1.165) is 65.1 Å². The largest absolute Gasteiger partial charge is 0.495 e. The number of carbonyl (C=O) groups is 1. The number of hydrogen-bond donors (Lipinski definition) is 1. The molecule has 3 aromatic heterocycles. The second-order valence-electron chi connectivity index (χ2n) is 10.1. The number of likely N-dealkylation sites (tertiary alicyclic amines) is 1. The molecule has 38 heavy (non-hydrogen) atoms. The van der Waals surface area contributed by atoms with E-state index in [-0.39, 0.29) is 5.91 Å². The molecule has 0 aliphatic carbocycles. The number of piperidine rings is 1. The lowest BCUT2D eigenvalue weighted by Crippen LogP contribution is -2.29. The van der Waals surface area contributed by atoms with Crippen LogP contribution >= 0.6 is 0 Å². The van der Waals surface area contributed by atoms with Crippen molar-refractivity contribution in [2.24, 2.45) is 7.05 Å². The van der Waals surface area contributed by atoms with Crippen molar-refractivity contribution in [3.05, 3.63) is 78.1 Å². The van der Waals surface area contributed by atoms with Gasteiger partial charge in [0.05, 0.1) is 29.7 Å². The van der Waals surface area contributed by atoms with Crippen LogP contribution in [-0.2, 0) is 7.05 Å². The third-order valence-corrected chi connectivity index (χ3v) is 7.76. The summed E-state index contributed by atoms with van der Waals surface area (Å²) in [4.78, 5) is 25.3. The van der Waals surface area contributed by atoms with Gasteiger partial charge >= 0.3 is 0 Å². The third-order valence-electron chi connectivity index (χ3n) is 7.76. The van der Waals surface area contributed by atoms with E-state index in [0.29, 0.717) is 23.0 Å². The van der Waals surface area contributed by atoms with Crippen molar-refractivity contribution < 1.29 is 9.53 Å². The van der Waals surface area contributed by atoms with Crippen LogP contribution in [0.4, 0.5) is 5.69 Å². The molecule has 1 aliphatic heterocycles. The highest BCUT2D eigenvalue weighted by Gasteiger charge is 2.26. The molecule has 1 fully saturated rings. The normalized spacial score (nSPS) is 14.8. The van der Waals surface area contributed by atoms with Crippen LogP contribution in [0.3, 0.4) is 0 Å². The predicted molar refractivity (Wildman–Crippen MR) is 150 cm³/mol. The zero-order valence-electron chi connectivity index (χ0n) is 22.2. The van der Waals surface area contributed by atoms with E-state index < -0.39 is 0 Å². The van der Waals surface area contributed by atoms with E-state index in [9.17, 15) is 4.79 Å². The Bertz CT molecular complexity index is 1660. The Hall–Kier alpha value is -4.17. The molecule has 0 spiro atoms. The highest BCUT2D eigenvalue weighted by atomic mass is 16.5. The van der Waals surface area contributed by atoms with Gasteiger partial charge in [0.15, 0.2) is 0 Å². The summed E-state index contributed by atoms with van der Waals surface area (Å²) in [6, 6.07) is 15.7. The number of nitrogens with zero attached hydrogens (tertiary/aromatic N) is 5. The summed E-state index contributed by atoms with van der Waals surface area (Å²) in [6.45, 7) is 4.16. The molecule has 1 amide bonds. The molecule has 194 valence electrons. The number of rotatable bonds is 5. The van der Waals surface area contributed by atoms with Gasteiger partial charge in [-0.15, -0.1) is 0 Å². The van der Waals surface area contributed by atoms with Gasteiger partial charge in [-0.3, -0.25) is 14.2 Å². The molecule has 0 unspecified atom stereocenters. The highest BCUT2D eigenvalue weighted by Crippen LogP contribution is 2.36. The minimum absolute atomic E-state index is 0.188. The Morgan fingerprint density at radius 2 is 1.87 bits per heavy atom. The van der Waals surface area contributed by atoms with Gasteiger partial charge in [-0.25, -0.2) is 4.98 Å². The lowest BCUT2D eigenvalue weighted by Gasteiger charge is -2.28. The maximum Gasteiger partial charge on any atom is 0.272 e. The second kappa shape index (κ2) is 9.61. The van der Waals surface area contributed by atoms with E-state index in [1.165, 1.54) is 0 Å². The van der Waals surface area contributed by atoms with Crippen molar-refractivity contribution in [1.29, 1.82) is 0 Å². The maximum absolute atomic E-state index is 13.2. The number of aryl methyl sites for hydroxylation is 2. The zero-order valence-corrected chi connectivity index (χ0v) is 22.2. The van der Waals surface area contributed by atoms with Crippen LogP contribution in [0.5, 0.6) is 5.75 Å². The van der Waals surface area contributed by atoms with Gasteiger partial charge in [-0.2, -0.15) is 0 Å². The fourth-order valence-electron chi connectivity index (χ4n) is 5.61. The summed E-state index contributed by atoms with van der Waals surface area (Å²) in [5, 5.41) is 4.07. The van der Waals surface area contributed by atoms with Crippen LogP contribution in [0.15, 0.2) is 60.9 Å². The van der Waals surface area contributed by atoms with Gasteiger partial charge in [0, 0.05) is 41.8 Å². The van der Waals surface area contributed by atoms with Crippen LogP contribution in [-0.4, -0.2) is 57.0 Å². The Morgan fingerprint density at radius 3 is 2.63 bits per heavy atom. The summed E-state index contributed by atoms with van der Waals surface area (Å²) in [5.74, 6) is 1.88. The van der Waals surface area contributed by atoms with Crippen LogP contribution < -0.4 is 10.1 Å². The molecule has 0 atom stereocenters. The molecule has 0 radical (unpaired) electrons. The Labute approximate surface area is 221 Å².